The van der Waals surface area contributed by atoms with E-state index < -0.39 is 47.8 Å². The number of piperidine rings is 4. The van der Waals surface area contributed by atoms with Gasteiger partial charge in [-0.1, -0.05) is 139 Å². The average molecular weight is 1380 g/mol. The van der Waals surface area contributed by atoms with Gasteiger partial charge in [-0.2, -0.15) is 0 Å². The molecule has 22 heteroatoms. The van der Waals surface area contributed by atoms with E-state index in [1.165, 1.54) is 26.0 Å². The highest BCUT2D eigenvalue weighted by atomic mass is 16.5. The van der Waals surface area contributed by atoms with E-state index in [-0.39, 0.29) is 84.0 Å². The van der Waals surface area contributed by atoms with Gasteiger partial charge in [0.25, 0.3) is 23.6 Å². The molecule has 8 heterocycles. The Labute approximate surface area is 594 Å². The molecule has 0 radical (unpaired) electrons. The van der Waals surface area contributed by atoms with Crippen LogP contribution in [0.4, 0.5) is 0 Å². The van der Waals surface area contributed by atoms with Crippen LogP contribution in [0.15, 0.2) is 123 Å². The summed E-state index contributed by atoms with van der Waals surface area (Å²) >= 11 is 0. The van der Waals surface area contributed by atoms with Gasteiger partial charge in [0, 0.05) is 111 Å². The second-order valence-electron chi connectivity index (χ2n) is 28.9. The van der Waals surface area contributed by atoms with E-state index in [1.807, 2.05) is 59.0 Å². The topological polar surface area (TPSA) is 287 Å². The van der Waals surface area contributed by atoms with E-state index >= 15 is 0 Å². The Bertz CT molecular complexity index is 3380. The molecular formula is C79H99N9O13. The molecule has 4 unspecified atom stereocenters. The number of ether oxygens (including phenoxy) is 1. The van der Waals surface area contributed by atoms with Gasteiger partial charge < -0.3 is 10.1 Å². The fourth-order valence-electron chi connectivity index (χ4n) is 10.6. The first-order valence-electron chi connectivity index (χ1n) is 33.6. The minimum absolute atomic E-state index is 0.0417. The molecule has 12 rings (SSSR count). The molecule has 4 aromatic carbocycles. The van der Waals surface area contributed by atoms with Gasteiger partial charge in [-0.25, -0.2) is 0 Å². The summed E-state index contributed by atoms with van der Waals surface area (Å²) in [5.41, 5.74) is 8.36. The number of hydrogen-bond donors (Lipinski definition) is 5. The van der Waals surface area contributed by atoms with Crippen LogP contribution in [0.1, 0.15) is 218 Å². The minimum atomic E-state index is -0.648. The van der Waals surface area contributed by atoms with Gasteiger partial charge in [0.15, 0.2) is 0 Å². The SMILES string of the molecule is C=C1c2ccccc2C(=O)N1C1CCC(=O)NC1=O.C=C1c2ccccc2C(=O)N1C1CCC(=O)NC1=O.C=C1c2ccccc2C(=O)N1C1CCC(=O)NC1=O.C=C1c2ccccc2C(=O)N1C1CCC(=O)NC1=O.CC#CC(C)(C)C.CCC(C)(C)C.CNC(C)(C)C.COC(C)(C)C. The van der Waals surface area contributed by atoms with Crippen molar-refractivity contribution < 1.29 is 62.3 Å². The maximum absolute atomic E-state index is 12.3. The van der Waals surface area contributed by atoms with Crippen LogP contribution in [0, 0.1) is 22.7 Å². The standard InChI is InChI=1S/4C14H12N2O3.C7H12.C6H14.C5H13N.C5H12O/c4*1-8-9-4-2-3-5-10(9)14(19)16(8)11-6-7-12(17)15-13(11)18;1-5-6-7(2,3)4;1-5-6(2,3)4;2*1-5(2,3)6-4/h4*2-5,11H,1,6-7H2,(H,15,17,18);1-4H3;5H2,1-4H3;6H,1-4H3;1-4H3. The third kappa shape index (κ3) is 21.6. The largest absolute Gasteiger partial charge is 0.379 e. The molecule has 0 saturated carbocycles. The maximum Gasteiger partial charge on any atom is 0.259 e. The van der Waals surface area contributed by atoms with Crippen LogP contribution in [-0.2, 0) is 43.1 Å². The Morgan fingerprint density at radius 3 is 0.723 bits per heavy atom. The molecule has 8 aliphatic rings. The summed E-state index contributed by atoms with van der Waals surface area (Å²) in [5, 5.41) is 12.1. The Kier molecular flexibility index (Phi) is 28.0. The lowest BCUT2D eigenvalue weighted by molar-refractivity contribution is -0.137. The molecule has 4 saturated heterocycles. The zero-order valence-electron chi connectivity index (χ0n) is 61.3. The fourth-order valence-corrected chi connectivity index (χ4v) is 10.6. The van der Waals surface area contributed by atoms with Crippen molar-refractivity contribution in [3.05, 3.63) is 168 Å². The molecular weight excluding hydrogens is 1280 g/mol. The van der Waals surface area contributed by atoms with Crippen LogP contribution in [-0.4, -0.2) is 140 Å². The van der Waals surface area contributed by atoms with Crippen molar-refractivity contribution >= 4 is 93.7 Å². The van der Waals surface area contributed by atoms with E-state index in [0.29, 0.717) is 81.7 Å². The van der Waals surface area contributed by atoms with Gasteiger partial charge in [0.2, 0.25) is 47.3 Å². The predicted octanol–water partition coefficient (Wildman–Crippen LogP) is 10.6. The molecule has 538 valence electrons. The molecule has 4 atom stereocenters. The number of carbonyl (C=O) groups is 12. The number of methoxy groups -OCH3 is 1. The number of fused-ring (bicyclic) bond motifs is 4. The average Bonchev–Trinajstić information content (AvgIpc) is 1.65. The van der Waals surface area contributed by atoms with Gasteiger partial charge in [-0.05, 0) is 132 Å². The van der Waals surface area contributed by atoms with Crippen molar-refractivity contribution in [2.75, 3.05) is 14.2 Å². The van der Waals surface area contributed by atoms with Gasteiger partial charge in [-0.15, -0.1) is 5.92 Å². The predicted molar refractivity (Wildman–Crippen MR) is 389 cm³/mol. The number of nitrogens with zero attached hydrogens (tertiary/aromatic N) is 4. The van der Waals surface area contributed by atoms with Crippen LogP contribution in [0.2, 0.25) is 0 Å². The monoisotopic (exact) mass is 1380 g/mol. The second kappa shape index (κ2) is 34.7. The summed E-state index contributed by atoms with van der Waals surface area (Å²) in [6.45, 7) is 45.1. The second-order valence-corrected chi connectivity index (χ2v) is 28.9. The number of carbonyl (C=O) groups excluding carboxylic acids is 12. The lowest BCUT2D eigenvalue weighted by atomic mass is 9.94. The number of imide groups is 4. The lowest BCUT2D eigenvalue weighted by Crippen LogP contribution is -2.52. The first kappa shape index (κ1) is 81.4. The van der Waals surface area contributed by atoms with Crippen LogP contribution in [0.5, 0.6) is 0 Å². The summed E-state index contributed by atoms with van der Waals surface area (Å²) in [4.78, 5) is 147. The summed E-state index contributed by atoms with van der Waals surface area (Å²) < 4.78 is 4.94. The third-order valence-electron chi connectivity index (χ3n) is 16.9. The van der Waals surface area contributed by atoms with E-state index in [0.717, 1.165) is 22.3 Å². The first-order chi connectivity index (χ1) is 47.1. The first-order valence-corrected chi connectivity index (χ1v) is 33.6. The maximum atomic E-state index is 12.3. The minimum Gasteiger partial charge on any atom is -0.379 e. The van der Waals surface area contributed by atoms with Crippen LogP contribution < -0.4 is 26.6 Å². The highest BCUT2D eigenvalue weighted by molar-refractivity contribution is 6.16. The third-order valence-corrected chi connectivity index (χ3v) is 16.9. The molecule has 4 fully saturated rings. The van der Waals surface area contributed by atoms with E-state index in [2.05, 4.69) is 134 Å². The Morgan fingerprint density at radius 2 is 0.604 bits per heavy atom. The smallest absolute Gasteiger partial charge is 0.259 e. The van der Waals surface area contributed by atoms with Gasteiger partial charge >= 0.3 is 0 Å². The number of nitrogens with one attached hydrogen (secondary N) is 5. The quantitative estimate of drug-likeness (QED) is 0.0938. The van der Waals surface area contributed by atoms with Gasteiger partial charge in [0.1, 0.15) is 24.2 Å². The molecule has 12 amide bonds. The molecule has 101 heavy (non-hydrogen) atoms. The summed E-state index contributed by atoms with van der Waals surface area (Å²) in [6.07, 6.45) is 3.58. The van der Waals surface area contributed by atoms with Crippen LogP contribution >= 0.6 is 0 Å². The van der Waals surface area contributed by atoms with E-state index in [9.17, 15) is 57.5 Å². The Morgan fingerprint density at radius 1 is 0.416 bits per heavy atom. The normalized spacial score (nSPS) is 19.8. The molecule has 0 spiro atoms. The van der Waals surface area contributed by atoms with Crippen molar-refractivity contribution in [3.8, 4) is 11.8 Å². The van der Waals surface area contributed by atoms with Crippen molar-refractivity contribution in [3.63, 3.8) is 0 Å². The zero-order valence-corrected chi connectivity index (χ0v) is 61.3. The number of rotatable bonds is 4. The van der Waals surface area contributed by atoms with Crippen molar-refractivity contribution in [2.45, 2.75) is 190 Å². The Balaban J connectivity index is 0.000000218. The lowest BCUT2D eigenvalue weighted by Gasteiger charge is -2.30. The summed E-state index contributed by atoms with van der Waals surface area (Å²) in [7, 11) is 3.67. The van der Waals surface area contributed by atoms with Crippen LogP contribution in [0.25, 0.3) is 22.8 Å². The van der Waals surface area contributed by atoms with Crippen molar-refractivity contribution in [2.24, 2.45) is 10.8 Å². The van der Waals surface area contributed by atoms with E-state index in [1.54, 1.807) is 79.9 Å². The van der Waals surface area contributed by atoms with Crippen molar-refractivity contribution in [1.82, 2.24) is 46.2 Å². The van der Waals surface area contributed by atoms with Gasteiger partial charge in [0.05, 0.1) is 5.60 Å². The molecule has 5 N–H and O–H groups in total. The number of amides is 12. The fraction of sp³-hybridized carbons (Fsp3) is 0.418. The molecule has 4 aromatic rings. The number of benzene rings is 4. The summed E-state index contributed by atoms with van der Waals surface area (Å²) in [5.74, 6) is 2.08. The highest BCUT2D eigenvalue weighted by Gasteiger charge is 2.45. The van der Waals surface area contributed by atoms with Crippen LogP contribution in [0.3, 0.4) is 0 Å². The molecule has 0 aliphatic carbocycles. The summed E-state index contributed by atoms with van der Waals surface area (Å²) in [6, 6.07) is 25.9. The molecule has 22 nitrogen and oxygen atoms in total. The van der Waals surface area contributed by atoms with Crippen molar-refractivity contribution in [1.29, 1.82) is 0 Å². The molecule has 8 aliphatic heterocycles. The highest BCUT2D eigenvalue weighted by Crippen LogP contribution is 2.39. The molecule has 0 bridgehead atoms. The number of hydrogen-bond acceptors (Lipinski definition) is 14. The molecule has 0 aromatic heterocycles. The van der Waals surface area contributed by atoms with E-state index in [4.69, 9.17) is 4.74 Å². The zero-order chi connectivity index (χ0) is 75.8. The Hall–Kier alpha value is -10.2. The van der Waals surface area contributed by atoms with Gasteiger partial charge in [-0.3, -0.25) is 98.4 Å².